The Kier molecular flexibility index (Phi) is 4.77. The van der Waals surface area contributed by atoms with E-state index in [4.69, 9.17) is 9.47 Å². The summed E-state index contributed by atoms with van der Waals surface area (Å²) < 4.78 is 12.1. The third-order valence-electron chi connectivity index (χ3n) is 12.0. The molecule has 8 bridgehead atoms. The summed E-state index contributed by atoms with van der Waals surface area (Å²) in [4.78, 5) is 0. The Hall–Kier alpha value is -1.96. The van der Waals surface area contributed by atoms with E-state index in [0.29, 0.717) is 10.8 Å². The molecule has 0 saturated heterocycles. The maximum Gasteiger partial charge on any atom is 0.122 e. The van der Waals surface area contributed by atoms with Gasteiger partial charge in [-0.25, -0.2) is 0 Å². The van der Waals surface area contributed by atoms with E-state index in [9.17, 15) is 0 Å². The topological polar surface area (TPSA) is 18.5 Å². The van der Waals surface area contributed by atoms with E-state index in [2.05, 4.69) is 36.4 Å². The number of benzene rings is 2. The van der Waals surface area contributed by atoms with Crippen molar-refractivity contribution in [2.75, 3.05) is 14.2 Å². The molecule has 0 spiro atoms. The van der Waals surface area contributed by atoms with Crippen molar-refractivity contribution in [2.45, 2.75) is 87.9 Å². The van der Waals surface area contributed by atoms with Crippen LogP contribution in [0.3, 0.4) is 0 Å². The molecule has 0 heterocycles. The van der Waals surface area contributed by atoms with Gasteiger partial charge in [0.2, 0.25) is 0 Å². The third kappa shape index (κ3) is 3.21. The highest BCUT2D eigenvalue weighted by Gasteiger charge is 2.54. The Bertz CT molecular complexity index is 1030. The van der Waals surface area contributed by atoms with Crippen molar-refractivity contribution in [1.82, 2.24) is 0 Å². The first-order valence-electron chi connectivity index (χ1n) is 14.9. The largest absolute Gasteiger partial charge is 0.496 e. The first-order valence-corrected chi connectivity index (χ1v) is 14.9. The van der Waals surface area contributed by atoms with Crippen LogP contribution < -0.4 is 9.47 Å². The summed E-state index contributed by atoms with van der Waals surface area (Å²) in [6.07, 6.45) is 17.1. The van der Waals surface area contributed by atoms with Crippen LogP contribution in [-0.4, -0.2) is 14.2 Å². The number of methoxy groups -OCH3 is 2. The van der Waals surface area contributed by atoms with Crippen LogP contribution in [-0.2, 0) is 10.8 Å². The standard InChI is InChI=1S/C34H42O2/c1-35-31-5-3-27(13-29(31)33-15-21-7-22(16-33)9-23(8-21)17-33)28-4-6-32(36-2)30(14-28)34-18-24-10-25(19-34)12-26(11-24)20-34/h3-6,13-14,21-26H,7-12,15-20H2,1-2H3. The minimum absolute atomic E-state index is 0.339. The van der Waals surface area contributed by atoms with Gasteiger partial charge in [0.25, 0.3) is 0 Å². The highest BCUT2D eigenvalue weighted by Crippen LogP contribution is 2.63. The van der Waals surface area contributed by atoms with Crippen molar-refractivity contribution in [3.05, 3.63) is 47.5 Å². The van der Waals surface area contributed by atoms with Crippen LogP contribution in [0.1, 0.15) is 88.2 Å². The van der Waals surface area contributed by atoms with Gasteiger partial charge in [0.05, 0.1) is 14.2 Å². The molecule has 8 fully saturated rings. The lowest BCUT2D eigenvalue weighted by atomic mass is 9.47. The Balaban J connectivity index is 1.21. The summed E-state index contributed by atoms with van der Waals surface area (Å²) in [5.74, 6) is 7.87. The fourth-order valence-electron chi connectivity index (χ4n) is 11.5. The summed E-state index contributed by atoms with van der Waals surface area (Å²) in [7, 11) is 3.75. The van der Waals surface area contributed by atoms with Crippen molar-refractivity contribution in [3.63, 3.8) is 0 Å². The molecule has 2 heteroatoms. The van der Waals surface area contributed by atoms with Gasteiger partial charge in [-0.1, -0.05) is 12.1 Å². The summed E-state index contributed by atoms with van der Waals surface area (Å²) in [5, 5.41) is 0. The van der Waals surface area contributed by atoms with E-state index in [1.54, 1.807) is 0 Å². The number of hydrogen-bond donors (Lipinski definition) is 0. The van der Waals surface area contributed by atoms with Crippen molar-refractivity contribution in [1.29, 1.82) is 0 Å². The van der Waals surface area contributed by atoms with Crippen LogP contribution in [0.5, 0.6) is 11.5 Å². The van der Waals surface area contributed by atoms with Gasteiger partial charge in [-0.15, -0.1) is 0 Å². The van der Waals surface area contributed by atoms with Crippen LogP contribution >= 0.6 is 0 Å². The second-order valence-electron chi connectivity index (χ2n) is 14.2. The van der Waals surface area contributed by atoms with Crippen molar-refractivity contribution in [3.8, 4) is 22.6 Å². The quantitative estimate of drug-likeness (QED) is 0.427. The van der Waals surface area contributed by atoms with Crippen molar-refractivity contribution in [2.24, 2.45) is 35.5 Å². The van der Waals surface area contributed by atoms with Gasteiger partial charge < -0.3 is 9.47 Å². The highest BCUT2D eigenvalue weighted by atomic mass is 16.5. The lowest BCUT2D eigenvalue weighted by Crippen LogP contribution is -2.48. The Morgan fingerprint density at radius 1 is 0.500 bits per heavy atom. The minimum atomic E-state index is 0.339. The second-order valence-corrected chi connectivity index (χ2v) is 14.2. The SMILES string of the molecule is COc1ccc(-c2ccc(OC)c(C34CC5CC(CC(C5)C3)C4)c2)cc1C12CC3CC(CC(C3)C1)C2. The zero-order valence-corrected chi connectivity index (χ0v) is 22.2. The van der Waals surface area contributed by atoms with Crippen LogP contribution in [0.2, 0.25) is 0 Å². The van der Waals surface area contributed by atoms with E-state index >= 15 is 0 Å². The van der Waals surface area contributed by atoms with E-state index in [1.807, 2.05) is 14.2 Å². The molecule has 0 radical (unpaired) electrons. The normalized spacial score (nSPS) is 41.6. The fourth-order valence-corrected chi connectivity index (χ4v) is 11.5. The van der Waals surface area contributed by atoms with Crippen LogP contribution in [0.25, 0.3) is 11.1 Å². The van der Waals surface area contributed by atoms with E-state index in [-0.39, 0.29) is 0 Å². The fraction of sp³-hybridized carbons (Fsp3) is 0.647. The monoisotopic (exact) mass is 482 g/mol. The van der Waals surface area contributed by atoms with E-state index in [1.165, 1.54) is 99.3 Å². The zero-order valence-electron chi connectivity index (χ0n) is 22.2. The third-order valence-corrected chi connectivity index (χ3v) is 12.0. The molecule has 190 valence electrons. The van der Waals surface area contributed by atoms with E-state index in [0.717, 1.165) is 47.0 Å². The molecule has 0 N–H and O–H groups in total. The number of hydrogen-bond acceptors (Lipinski definition) is 2. The second kappa shape index (κ2) is 7.78. The molecule has 2 aromatic rings. The predicted octanol–water partition coefficient (Wildman–Crippen LogP) is 8.31. The number of ether oxygens (including phenoxy) is 2. The number of rotatable bonds is 5. The molecule has 8 aliphatic rings. The van der Waals surface area contributed by atoms with Gasteiger partial charge >= 0.3 is 0 Å². The lowest BCUT2D eigenvalue weighted by Gasteiger charge is -2.57. The predicted molar refractivity (Wildman–Crippen MR) is 145 cm³/mol. The summed E-state index contributed by atoms with van der Waals surface area (Å²) in [6.45, 7) is 0. The van der Waals surface area contributed by atoms with Crippen molar-refractivity contribution >= 4 is 0 Å². The van der Waals surface area contributed by atoms with Gasteiger partial charge in [0, 0.05) is 11.1 Å². The van der Waals surface area contributed by atoms with Gasteiger partial charge in [0.15, 0.2) is 0 Å². The van der Waals surface area contributed by atoms with E-state index < -0.39 is 0 Å². The Morgan fingerprint density at radius 2 is 0.806 bits per heavy atom. The summed E-state index contributed by atoms with van der Waals surface area (Å²) in [6, 6.07) is 14.3. The molecule has 2 aromatic carbocycles. The molecule has 8 saturated carbocycles. The van der Waals surface area contributed by atoms with Gasteiger partial charge in [-0.05, 0) is 159 Å². The Labute approximate surface area is 217 Å². The lowest BCUT2D eigenvalue weighted by molar-refractivity contribution is -0.00634. The van der Waals surface area contributed by atoms with Gasteiger partial charge in [-0.2, -0.15) is 0 Å². The smallest absolute Gasteiger partial charge is 0.122 e. The van der Waals surface area contributed by atoms with Gasteiger partial charge in [0.1, 0.15) is 11.5 Å². The molecule has 0 amide bonds. The molecule has 36 heavy (non-hydrogen) atoms. The first kappa shape index (κ1) is 22.1. The first-order chi connectivity index (χ1) is 17.5. The minimum Gasteiger partial charge on any atom is -0.496 e. The van der Waals surface area contributed by atoms with Crippen LogP contribution in [0, 0.1) is 35.5 Å². The van der Waals surface area contributed by atoms with Crippen LogP contribution in [0.4, 0.5) is 0 Å². The molecular formula is C34H42O2. The summed E-state index contributed by atoms with van der Waals surface area (Å²) in [5.41, 5.74) is 6.43. The average molecular weight is 483 g/mol. The molecule has 0 aromatic heterocycles. The average Bonchev–Trinajstić information content (AvgIpc) is 2.86. The molecule has 10 rings (SSSR count). The maximum absolute atomic E-state index is 6.03. The molecular weight excluding hydrogens is 440 g/mol. The molecule has 0 aliphatic heterocycles. The summed E-state index contributed by atoms with van der Waals surface area (Å²) >= 11 is 0. The zero-order chi connectivity index (χ0) is 24.1. The highest BCUT2D eigenvalue weighted by molar-refractivity contribution is 5.69. The molecule has 0 unspecified atom stereocenters. The Morgan fingerprint density at radius 3 is 1.08 bits per heavy atom. The van der Waals surface area contributed by atoms with Gasteiger partial charge in [-0.3, -0.25) is 0 Å². The van der Waals surface area contributed by atoms with Crippen LogP contribution in [0.15, 0.2) is 36.4 Å². The maximum atomic E-state index is 6.03. The van der Waals surface area contributed by atoms with Crippen molar-refractivity contribution < 1.29 is 9.47 Å². The molecule has 8 aliphatic carbocycles. The molecule has 0 atom stereocenters. The molecule has 2 nitrogen and oxygen atoms in total.